The topological polar surface area (TPSA) is 75.3 Å². The first-order chi connectivity index (χ1) is 8.26. The first kappa shape index (κ1) is 15.4. The predicted molar refractivity (Wildman–Crippen MR) is 73.0 cm³/mol. The van der Waals surface area contributed by atoms with Crippen LogP contribution in [0.5, 0.6) is 0 Å². The fourth-order valence-corrected chi connectivity index (χ4v) is 2.54. The maximum absolute atomic E-state index is 11.8. The number of aliphatic hydroxyl groups excluding tert-OH is 1. The number of carbonyl (C=O) groups excluding carboxylic acids is 1. The molecular formula is C14H28N2O2. The Labute approximate surface area is 110 Å². The van der Waals surface area contributed by atoms with E-state index in [2.05, 4.69) is 26.1 Å². The number of amides is 1. The zero-order valence-corrected chi connectivity index (χ0v) is 12.0. The zero-order chi connectivity index (χ0) is 13.8. The maximum Gasteiger partial charge on any atom is 0.220 e. The van der Waals surface area contributed by atoms with E-state index < -0.39 is 6.10 Å². The van der Waals surface area contributed by atoms with Crippen molar-refractivity contribution in [3.63, 3.8) is 0 Å². The minimum absolute atomic E-state index is 0.0214. The molecule has 4 heteroatoms. The van der Waals surface area contributed by atoms with Gasteiger partial charge in [0, 0.05) is 13.0 Å². The highest BCUT2D eigenvalue weighted by Gasteiger charge is 2.37. The number of hydrogen-bond acceptors (Lipinski definition) is 3. The Morgan fingerprint density at radius 1 is 1.44 bits per heavy atom. The summed E-state index contributed by atoms with van der Waals surface area (Å²) in [6.45, 7) is 7.17. The smallest absolute Gasteiger partial charge is 0.220 e. The molecule has 0 aromatic heterocycles. The molecule has 106 valence electrons. The maximum atomic E-state index is 11.8. The molecule has 0 aromatic carbocycles. The highest BCUT2D eigenvalue weighted by Crippen LogP contribution is 2.42. The lowest BCUT2D eigenvalue weighted by Crippen LogP contribution is -2.43. The van der Waals surface area contributed by atoms with Crippen LogP contribution in [0.4, 0.5) is 0 Å². The molecule has 0 aromatic rings. The molecule has 0 spiro atoms. The van der Waals surface area contributed by atoms with Crippen LogP contribution in [-0.2, 0) is 4.79 Å². The summed E-state index contributed by atoms with van der Waals surface area (Å²) in [4.78, 5) is 11.8. The minimum Gasteiger partial charge on any atom is -0.391 e. The second-order valence-corrected chi connectivity index (χ2v) is 6.96. The van der Waals surface area contributed by atoms with Crippen molar-refractivity contribution in [2.24, 2.45) is 16.6 Å². The van der Waals surface area contributed by atoms with Crippen LogP contribution in [0.15, 0.2) is 0 Å². The van der Waals surface area contributed by atoms with Gasteiger partial charge in [-0.15, -0.1) is 0 Å². The number of rotatable bonds is 6. The third-order valence-corrected chi connectivity index (χ3v) is 3.77. The number of aliphatic hydroxyl groups is 1. The van der Waals surface area contributed by atoms with Crippen LogP contribution in [0.1, 0.15) is 52.9 Å². The summed E-state index contributed by atoms with van der Waals surface area (Å²) in [6.07, 6.45) is 4.02. The summed E-state index contributed by atoms with van der Waals surface area (Å²) in [5.74, 6) is 0.0214. The van der Waals surface area contributed by atoms with E-state index in [1.54, 1.807) is 0 Å². The normalized spacial score (nSPS) is 20.1. The van der Waals surface area contributed by atoms with Crippen molar-refractivity contribution >= 4 is 5.91 Å². The molecule has 4 nitrogen and oxygen atoms in total. The van der Waals surface area contributed by atoms with Gasteiger partial charge >= 0.3 is 0 Å². The van der Waals surface area contributed by atoms with Crippen molar-refractivity contribution < 1.29 is 9.90 Å². The predicted octanol–water partition coefficient (Wildman–Crippen LogP) is 1.42. The Morgan fingerprint density at radius 3 is 2.44 bits per heavy atom. The summed E-state index contributed by atoms with van der Waals surface area (Å²) in [7, 11) is 0. The monoisotopic (exact) mass is 256 g/mol. The molecule has 0 saturated heterocycles. The number of hydrogen-bond donors (Lipinski definition) is 3. The largest absolute Gasteiger partial charge is 0.391 e. The Kier molecular flexibility index (Phi) is 5.17. The van der Waals surface area contributed by atoms with Gasteiger partial charge in [0.25, 0.3) is 0 Å². The van der Waals surface area contributed by atoms with E-state index in [4.69, 9.17) is 5.73 Å². The molecule has 1 aliphatic rings. The number of nitrogens with two attached hydrogens (primary N) is 1. The number of nitrogens with one attached hydrogen (secondary N) is 1. The van der Waals surface area contributed by atoms with E-state index in [1.807, 2.05) is 0 Å². The fourth-order valence-electron chi connectivity index (χ4n) is 2.54. The lowest BCUT2D eigenvalue weighted by atomic mass is 9.66. The minimum atomic E-state index is -0.468. The summed E-state index contributed by atoms with van der Waals surface area (Å²) in [6, 6.07) is 0. The van der Waals surface area contributed by atoms with Gasteiger partial charge in [-0.2, -0.15) is 0 Å². The van der Waals surface area contributed by atoms with Crippen LogP contribution in [0.25, 0.3) is 0 Å². The molecule has 0 radical (unpaired) electrons. The van der Waals surface area contributed by atoms with Gasteiger partial charge < -0.3 is 16.2 Å². The molecule has 0 heterocycles. The van der Waals surface area contributed by atoms with Crippen molar-refractivity contribution in [3.05, 3.63) is 0 Å². The first-order valence-electron chi connectivity index (χ1n) is 6.91. The molecule has 1 saturated carbocycles. The Bertz CT molecular complexity index is 274. The van der Waals surface area contributed by atoms with Crippen molar-refractivity contribution in [1.29, 1.82) is 0 Å². The quantitative estimate of drug-likeness (QED) is 0.673. The van der Waals surface area contributed by atoms with E-state index in [0.29, 0.717) is 25.9 Å². The molecule has 1 amide bonds. The average molecular weight is 256 g/mol. The molecule has 1 rings (SSSR count). The van der Waals surface area contributed by atoms with Crippen LogP contribution in [0, 0.1) is 10.8 Å². The van der Waals surface area contributed by atoms with Gasteiger partial charge in [0.05, 0.1) is 6.10 Å². The average Bonchev–Trinajstić information content (AvgIpc) is 2.18. The SMILES string of the molecule is CC(C)(C)CC(O)CNC(=O)CC1(CN)CCC1. The van der Waals surface area contributed by atoms with E-state index in [1.165, 1.54) is 6.42 Å². The summed E-state index contributed by atoms with van der Waals surface area (Å²) < 4.78 is 0. The van der Waals surface area contributed by atoms with Gasteiger partial charge in [-0.3, -0.25) is 4.79 Å². The van der Waals surface area contributed by atoms with Crippen LogP contribution < -0.4 is 11.1 Å². The third-order valence-electron chi connectivity index (χ3n) is 3.77. The van der Waals surface area contributed by atoms with Gasteiger partial charge in [0.1, 0.15) is 0 Å². The van der Waals surface area contributed by atoms with E-state index in [0.717, 1.165) is 12.8 Å². The van der Waals surface area contributed by atoms with Gasteiger partial charge in [0.2, 0.25) is 5.91 Å². The molecule has 1 atom stereocenters. The second-order valence-electron chi connectivity index (χ2n) is 6.96. The van der Waals surface area contributed by atoms with Gasteiger partial charge in [-0.25, -0.2) is 0 Å². The molecule has 0 aliphatic heterocycles. The summed E-state index contributed by atoms with van der Waals surface area (Å²) in [5.41, 5.74) is 5.85. The highest BCUT2D eigenvalue weighted by atomic mass is 16.3. The second kappa shape index (κ2) is 6.02. The molecule has 4 N–H and O–H groups in total. The summed E-state index contributed by atoms with van der Waals surface area (Å²) >= 11 is 0. The lowest BCUT2D eigenvalue weighted by Gasteiger charge is -2.40. The zero-order valence-electron chi connectivity index (χ0n) is 12.0. The van der Waals surface area contributed by atoms with Crippen molar-refractivity contribution in [2.45, 2.75) is 59.0 Å². The van der Waals surface area contributed by atoms with Crippen LogP contribution in [0.2, 0.25) is 0 Å². The molecule has 0 bridgehead atoms. The van der Waals surface area contributed by atoms with E-state index in [9.17, 15) is 9.90 Å². The van der Waals surface area contributed by atoms with E-state index >= 15 is 0 Å². The van der Waals surface area contributed by atoms with Crippen molar-refractivity contribution in [3.8, 4) is 0 Å². The lowest BCUT2D eigenvalue weighted by molar-refractivity contribution is -0.125. The Morgan fingerprint density at radius 2 is 2.06 bits per heavy atom. The molecule has 1 unspecified atom stereocenters. The standard InChI is InChI=1S/C14H28N2O2/c1-13(2,3)7-11(17)9-16-12(18)8-14(10-15)5-4-6-14/h11,17H,4-10,15H2,1-3H3,(H,16,18). The molecule has 18 heavy (non-hydrogen) atoms. The number of carbonyl (C=O) groups is 1. The summed E-state index contributed by atoms with van der Waals surface area (Å²) in [5, 5.41) is 12.6. The van der Waals surface area contributed by atoms with Gasteiger partial charge in [0.15, 0.2) is 0 Å². The highest BCUT2D eigenvalue weighted by molar-refractivity contribution is 5.76. The first-order valence-corrected chi connectivity index (χ1v) is 6.91. The fraction of sp³-hybridized carbons (Fsp3) is 0.929. The van der Waals surface area contributed by atoms with Crippen molar-refractivity contribution in [1.82, 2.24) is 5.32 Å². The third kappa shape index (κ3) is 4.94. The molecule has 1 fully saturated rings. The molecular weight excluding hydrogens is 228 g/mol. The Hall–Kier alpha value is -0.610. The van der Waals surface area contributed by atoms with Crippen LogP contribution in [0.3, 0.4) is 0 Å². The van der Waals surface area contributed by atoms with E-state index in [-0.39, 0.29) is 16.7 Å². The van der Waals surface area contributed by atoms with Crippen molar-refractivity contribution in [2.75, 3.05) is 13.1 Å². The molecule has 1 aliphatic carbocycles. The van der Waals surface area contributed by atoms with Crippen LogP contribution >= 0.6 is 0 Å². The van der Waals surface area contributed by atoms with Crippen LogP contribution in [-0.4, -0.2) is 30.2 Å². The Balaban J connectivity index is 2.24. The van der Waals surface area contributed by atoms with Gasteiger partial charge in [-0.05, 0) is 36.6 Å². The van der Waals surface area contributed by atoms with Gasteiger partial charge in [-0.1, -0.05) is 27.2 Å².